The Bertz CT molecular complexity index is 907. The van der Waals surface area contributed by atoms with Gasteiger partial charge in [-0.15, -0.1) is 0 Å². The van der Waals surface area contributed by atoms with Crippen LogP contribution in [0.25, 0.3) is 0 Å². The van der Waals surface area contributed by atoms with E-state index in [0.717, 1.165) is 0 Å². The predicted molar refractivity (Wildman–Crippen MR) is 107 cm³/mol. The molecule has 5 amide bonds. The van der Waals surface area contributed by atoms with Gasteiger partial charge in [0.1, 0.15) is 24.7 Å². The summed E-state index contributed by atoms with van der Waals surface area (Å²) in [5.74, 6) is -0.655. The summed E-state index contributed by atoms with van der Waals surface area (Å²) in [4.78, 5) is 41.7. The SMILES string of the molecule is CC12[C](O)NC(=O)N([C@H]3C[C@H](O)[C@@H](CO)O3)[C@@H]1[C@@H]1N([C@H]3C[C@H](O)[C@@H](CO)O3)C(=O)NC(=O)C12C. The maximum Gasteiger partial charge on any atom is 0.326 e. The molecule has 5 rings (SSSR count). The molecule has 4 heterocycles. The highest BCUT2D eigenvalue weighted by molar-refractivity contribution is 6.03. The Morgan fingerprint density at radius 3 is 1.74 bits per heavy atom. The highest BCUT2D eigenvalue weighted by Gasteiger charge is 2.82. The Hall–Kier alpha value is -2.07. The molecule has 0 aromatic rings. The van der Waals surface area contributed by atoms with Gasteiger partial charge in [-0.2, -0.15) is 0 Å². The van der Waals surface area contributed by atoms with E-state index >= 15 is 0 Å². The number of hydrogen-bond donors (Lipinski definition) is 7. The smallest absolute Gasteiger partial charge is 0.326 e. The molecule has 34 heavy (non-hydrogen) atoms. The molecular formula is C20H29N4O10. The molecule has 0 spiro atoms. The van der Waals surface area contributed by atoms with Crippen molar-refractivity contribution < 1.29 is 49.4 Å². The topological polar surface area (TPSA) is 201 Å². The number of rotatable bonds is 4. The number of aliphatic hydroxyl groups excluding tert-OH is 5. The molecule has 189 valence electrons. The summed E-state index contributed by atoms with van der Waals surface area (Å²) in [5.41, 5.74) is -2.78. The number of ether oxygens (including phenoxy) is 2. The van der Waals surface area contributed by atoms with E-state index in [9.17, 15) is 39.9 Å². The van der Waals surface area contributed by atoms with Crippen LogP contribution in [0.4, 0.5) is 9.59 Å². The van der Waals surface area contributed by atoms with E-state index in [4.69, 9.17) is 9.47 Å². The van der Waals surface area contributed by atoms with Crippen molar-refractivity contribution >= 4 is 18.0 Å². The first-order valence-corrected chi connectivity index (χ1v) is 11.2. The molecule has 1 aliphatic carbocycles. The summed E-state index contributed by atoms with van der Waals surface area (Å²) < 4.78 is 11.4. The summed E-state index contributed by atoms with van der Waals surface area (Å²) in [5, 5.41) is 54.9. The molecule has 10 atom stereocenters. The van der Waals surface area contributed by atoms with Gasteiger partial charge in [0, 0.05) is 12.8 Å². The fourth-order valence-corrected chi connectivity index (χ4v) is 6.33. The monoisotopic (exact) mass is 485 g/mol. The third-order valence-corrected chi connectivity index (χ3v) is 8.43. The number of amides is 5. The second kappa shape index (κ2) is 7.71. The first-order valence-electron chi connectivity index (χ1n) is 11.2. The maximum atomic E-state index is 13.1. The van der Waals surface area contributed by atoms with Crippen LogP contribution in [0.15, 0.2) is 0 Å². The van der Waals surface area contributed by atoms with Crippen LogP contribution in [0.1, 0.15) is 26.7 Å². The van der Waals surface area contributed by atoms with Gasteiger partial charge in [-0.1, -0.05) is 6.92 Å². The van der Waals surface area contributed by atoms with Crippen LogP contribution in [-0.4, -0.2) is 115 Å². The number of nitrogens with zero attached hydrogens (tertiary/aromatic N) is 2. The molecule has 5 aliphatic rings. The van der Waals surface area contributed by atoms with Crippen molar-refractivity contribution in [3.63, 3.8) is 0 Å². The predicted octanol–water partition coefficient (Wildman–Crippen LogP) is -2.87. The van der Waals surface area contributed by atoms with Gasteiger partial charge in [0.25, 0.3) is 0 Å². The van der Waals surface area contributed by atoms with Crippen LogP contribution in [0.3, 0.4) is 0 Å². The average molecular weight is 485 g/mol. The number of aliphatic hydroxyl groups is 5. The molecule has 7 N–H and O–H groups in total. The molecule has 1 saturated carbocycles. The number of imide groups is 1. The Morgan fingerprint density at radius 1 is 0.853 bits per heavy atom. The van der Waals surface area contributed by atoms with E-state index in [2.05, 4.69) is 10.6 Å². The lowest BCUT2D eigenvalue weighted by Gasteiger charge is -2.73. The first-order chi connectivity index (χ1) is 16.0. The Kier molecular flexibility index (Phi) is 5.37. The zero-order chi connectivity index (χ0) is 24.7. The minimum Gasteiger partial charge on any atom is -0.394 e. The van der Waals surface area contributed by atoms with Crippen LogP contribution in [-0.2, 0) is 14.3 Å². The van der Waals surface area contributed by atoms with Gasteiger partial charge in [-0.3, -0.25) is 19.9 Å². The lowest BCUT2D eigenvalue weighted by Crippen LogP contribution is -2.91. The largest absolute Gasteiger partial charge is 0.394 e. The number of hydrogen-bond acceptors (Lipinski definition) is 10. The average Bonchev–Trinajstić information content (AvgIpc) is 3.34. The number of nitrogens with one attached hydrogen (secondary N) is 2. The Morgan fingerprint density at radius 2 is 1.29 bits per heavy atom. The molecule has 1 radical (unpaired) electrons. The molecule has 14 heteroatoms. The van der Waals surface area contributed by atoms with Crippen LogP contribution in [0.2, 0.25) is 0 Å². The van der Waals surface area contributed by atoms with E-state index in [0.29, 0.717) is 0 Å². The van der Waals surface area contributed by atoms with Crippen molar-refractivity contribution in [2.75, 3.05) is 13.2 Å². The molecule has 14 nitrogen and oxygen atoms in total. The van der Waals surface area contributed by atoms with E-state index in [1.807, 2.05) is 0 Å². The Balaban J connectivity index is 1.56. The van der Waals surface area contributed by atoms with Gasteiger partial charge in [0.15, 0.2) is 6.23 Å². The molecule has 4 aliphatic heterocycles. The van der Waals surface area contributed by atoms with E-state index in [1.54, 1.807) is 13.8 Å². The summed E-state index contributed by atoms with van der Waals surface area (Å²) in [7, 11) is 0. The van der Waals surface area contributed by atoms with Gasteiger partial charge in [0.05, 0.1) is 48.3 Å². The van der Waals surface area contributed by atoms with Crippen LogP contribution < -0.4 is 10.6 Å². The minimum atomic E-state index is -1.42. The van der Waals surface area contributed by atoms with E-state index in [-0.39, 0.29) is 12.8 Å². The molecule has 5 fully saturated rings. The van der Waals surface area contributed by atoms with E-state index in [1.165, 1.54) is 9.80 Å². The van der Waals surface area contributed by atoms with Gasteiger partial charge in [-0.25, -0.2) is 9.59 Å². The van der Waals surface area contributed by atoms with Gasteiger partial charge in [-0.05, 0) is 6.92 Å². The fourth-order valence-electron chi connectivity index (χ4n) is 6.33. The van der Waals surface area contributed by atoms with Crippen molar-refractivity contribution in [2.24, 2.45) is 10.8 Å². The van der Waals surface area contributed by atoms with Gasteiger partial charge in [0.2, 0.25) is 5.91 Å². The molecule has 4 saturated heterocycles. The van der Waals surface area contributed by atoms with Crippen molar-refractivity contribution in [3.05, 3.63) is 6.23 Å². The first kappa shape index (κ1) is 23.7. The summed E-state index contributed by atoms with van der Waals surface area (Å²) in [6, 6.07) is -3.51. The van der Waals surface area contributed by atoms with Gasteiger partial charge >= 0.3 is 12.1 Å². The maximum absolute atomic E-state index is 13.1. The summed E-state index contributed by atoms with van der Waals surface area (Å²) >= 11 is 0. The van der Waals surface area contributed by atoms with E-state index < -0.39 is 97.2 Å². The molecule has 0 aromatic carbocycles. The third-order valence-electron chi connectivity index (χ3n) is 8.43. The second-order valence-electron chi connectivity index (χ2n) is 9.88. The number of carbonyl (C=O) groups is 3. The third kappa shape index (κ3) is 2.78. The Labute approximate surface area is 194 Å². The lowest BCUT2D eigenvalue weighted by atomic mass is 9.41. The highest BCUT2D eigenvalue weighted by Crippen LogP contribution is 2.67. The van der Waals surface area contributed by atoms with Crippen LogP contribution in [0, 0.1) is 17.1 Å². The second-order valence-corrected chi connectivity index (χ2v) is 9.88. The number of carbonyl (C=O) groups excluding carboxylic acids is 3. The van der Waals surface area contributed by atoms with Crippen LogP contribution >= 0.6 is 0 Å². The van der Waals surface area contributed by atoms with Crippen molar-refractivity contribution in [2.45, 2.75) is 75.6 Å². The zero-order valence-corrected chi connectivity index (χ0v) is 18.6. The fraction of sp³-hybridized carbons (Fsp3) is 0.800. The van der Waals surface area contributed by atoms with Crippen molar-refractivity contribution in [1.82, 2.24) is 20.4 Å². The molecule has 0 bridgehead atoms. The summed E-state index contributed by atoms with van der Waals surface area (Å²) in [6.07, 6.45) is -6.48. The van der Waals surface area contributed by atoms with Crippen molar-refractivity contribution in [3.8, 4) is 0 Å². The summed E-state index contributed by atoms with van der Waals surface area (Å²) in [6.45, 7) is 2.19. The standard InChI is InChI=1S/C20H29N4O10/c1-19-13(23(17(31)21-15(19)29)11-3-7(27)9(5-25)33-11)14-20(19,2)16(30)22-18(32)24(14)12-4-8(28)10(6-26)34-12/h7-14,25-29H,3-6H2,1-2H3,(H,21,31)(H,22,30,32)/t7-,8-,9+,10+,11+,12+,13+,14-,19?,20?/m0/s1. The number of urea groups is 2. The highest BCUT2D eigenvalue weighted by atomic mass is 16.6. The normalized spacial score (nSPS) is 48.9. The lowest BCUT2D eigenvalue weighted by molar-refractivity contribution is -0.258. The molecule has 2 unspecified atom stereocenters. The minimum absolute atomic E-state index is 0.0270. The molecular weight excluding hydrogens is 456 g/mol. The number of fused-ring (bicyclic) bond motifs is 4. The van der Waals surface area contributed by atoms with Gasteiger partial charge < -0.3 is 40.3 Å². The zero-order valence-electron chi connectivity index (χ0n) is 18.6. The van der Waals surface area contributed by atoms with Crippen LogP contribution in [0.5, 0.6) is 0 Å². The quantitative estimate of drug-likeness (QED) is 0.217. The van der Waals surface area contributed by atoms with Crippen molar-refractivity contribution in [1.29, 1.82) is 0 Å². The molecule has 0 aromatic heterocycles.